The van der Waals surface area contributed by atoms with Crippen molar-refractivity contribution in [2.24, 2.45) is 16.7 Å². The van der Waals surface area contributed by atoms with E-state index in [1.165, 1.54) is 12.5 Å². The molecule has 0 radical (unpaired) electrons. The summed E-state index contributed by atoms with van der Waals surface area (Å²) in [6.07, 6.45) is 7.16. The van der Waals surface area contributed by atoms with Crippen molar-refractivity contribution in [1.29, 1.82) is 0 Å². The average molecular weight is 356 g/mol. The highest BCUT2D eigenvalue weighted by atomic mass is 16.6. The second-order valence-electron chi connectivity index (χ2n) is 7.91. The molecule has 2 aliphatic carbocycles. The molecule has 1 N–H and O–H groups in total. The minimum absolute atomic E-state index is 0.0706. The number of esters is 2. The third-order valence-electron chi connectivity index (χ3n) is 6.89. The summed E-state index contributed by atoms with van der Waals surface area (Å²) in [6.45, 7) is 2.23. The van der Waals surface area contributed by atoms with Gasteiger partial charge in [-0.05, 0) is 31.2 Å². The van der Waals surface area contributed by atoms with Crippen LogP contribution in [0.3, 0.4) is 0 Å². The summed E-state index contributed by atoms with van der Waals surface area (Å²) >= 11 is 0. The first kappa shape index (κ1) is 15.9. The molecule has 0 aromatic carbocycles. The van der Waals surface area contributed by atoms with Gasteiger partial charge in [-0.15, -0.1) is 0 Å². The molecule has 4 aliphatic rings. The summed E-state index contributed by atoms with van der Waals surface area (Å²) in [6, 6.07) is 1.70. The topological polar surface area (TPSA) is 86.0 Å². The van der Waals surface area contributed by atoms with Gasteiger partial charge in [0.2, 0.25) is 0 Å². The Morgan fingerprint density at radius 1 is 1.19 bits per heavy atom. The third kappa shape index (κ3) is 1.75. The number of hydrogen-bond acceptors (Lipinski definition) is 6. The van der Waals surface area contributed by atoms with Crippen LogP contribution in [0.25, 0.3) is 0 Å². The maximum absolute atomic E-state index is 12.8. The lowest BCUT2D eigenvalue weighted by Gasteiger charge is -2.56. The second-order valence-corrected chi connectivity index (χ2v) is 7.91. The molecule has 3 heterocycles. The number of ether oxygens (including phenoxy) is 2. The van der Waals surface area contributed by atoms with Gasteiger partial charge in [0.1, 0.15) is 12.7 Å². The molecule has 136 valence electrons. The molecule has 0 saturated carbocycles. The van der Waals surface area contributed by atoms with Crippen molar-refractivity contribution >= 4 is 11.9 Å². The first-order valence-corrected chi connectivity index (χ1v) is 8.98. The summed E-state index contributed by atoms with van der Waals surface area (Å²) in [5.74, 6) is -0.742. The molecule has 0 bridgehead atoms. The molecule has 6 nitrogen and oxygen atoms in total. The number of fused-ring (bicyclic) bond motifs is 2. The zero-order chi connectivity index (χ0) is 18.1. The van der Waals surface area contributed by atoms with Gasteiger partial charge >= 0.3 is 11.9 Å². The SMILES string of the molecule is C[C@]12C(=CC[C@@]34COC(=O)C3=CCC[C@@H]41)C(=O)OC(c1ccoc1)[C@H]2O. The van der Waals surface area contributed by atoms with Crippen molar-refractivity contribution in [1.82, 2.24) is 0 Å². The molecule has 2 fully saturated rings. The molecule has 6 heteroatoms. The van der Waals surface area contributed by atoms with Crippen LogP contribution < -0.4 is 0 Å². The summed E-state index contributed by atoms with van der Waals surface area (Å²) in [7, 11) is 0. The van der Waals surface area contributed by atoms with E-state index in [-0.39, 0.29) is 11.9 Å². The van der Waals surface area contributed by atoms with Gasteiger partial charge < -0.3 is 19.0 Å². The lowest BCUT2D eigenvalue weighted by atomic mass is 9.48. The van der Waals surface area contributed by atoms with E-state index in [1.807, 2.05) is 19.1 Å². The minimum Gasteiger partial charge on any atom is -0.472 e. The van der Waals surface area contributed by atoms with Crippen LogP contribution in [0.1, 0.15) is 37.9 Å². The van der Waals surface area contributed by atoms with Gasteiger partial charge in [0, 0.05) is 27.5 Å². The fourth-order valence-electron chi connectivity index (χ4n) is 5.59. The van der Waals surface area contributed by atoms with Crippen LogP contribution >= 0.6 is 0 Å². The van der Waals surface area contributed by atoms with Gasteiger partial charge in [-0.2, -0.15) is 0 Å². The van der Waals surface area contributed by atoms with E-state index < -0.39 is 29.0 Å². The Morgan fingerprint density at radius 2 is 2.04 bits per heavy atom. The van der Waals surface area contributed by atoms with Crippen LogP contribution in [0, 0.1) is 16.7 Å². The summed E-state index contributed by atoms with van der Waals surface area (Å²) in [5.41, 5.74) is 0.573. The molecule has 26 heavy (non-hydrogen) atoms. The maximum Gasteiger partial charge on any atom is 0.335 e. The second kappa shape index (κ2) is 5.10. The van der Waals surface area contributed by atoms with Crippen molar-refractivity contribution in [3.05, 3.63) is 47.5 Å². The fraction of sp³-hybridized carbons (Fsp3) is 0.500. The van der Waals surface area contributed by atoms with Crippen LogP contribution in [0.2, 0.25) is 0 Å². The summed E-state index contributed by atoms with van der Waals surface area (Å²) < 4.78 is 16.1. The van der Waals surface area contributed by atoms with Crippen LogP contribution in [-0.4, -0.2) is 29.8 Å². The quantitative estimate of drug-likeness (QED) is 0.778. The number of rotatable bonds is 1. The van der Waals surface area contributed by atoms with Crippen LogP contribution in [0.4, 0.5) is 0 Å². The summed E-state index contributed by atoms with van der Waals surface area (Å²) in [4.78, 5) is 25.0. The monoisotopic (exact) mass is 356 g/mol. The Hall–Kier alpha value is -2.34. The Balaban J connectivity index is 1.66. The molecular formula is C20H20O6. The molecular weight excluding hydrogens is 336 g/mol. The maximum atomic E-state index is 12.8. The molecule has 5 rings (SSSR count). The predicted octanol–water partition coefficient (Wildman–Crippen LogP) is 2.45. The molecule has 0 amide bonds. The number of carbonyl (C=O) groups excluding carboxylic acids is 2. The lowest BCUT2D eigenvalue weighted by Crippen LogP contribution is -2.58. The van der Waals surface area contributed by atoms with Crippen LogP contribution in [-0.2, 0) is 19.1 Å². The van der Waals surface area contributed by atoms with Crippen molar-refractivity contribution in [3.8, 4) is 0 Å². The third-order valence-corrected chi connectivity index (χ3v) is 6.89. The van der Waals surface area contributed by atoms with Gasteiger partial charge in [-0.1, -0.05) is 19.1 Å². The molecule has 5 atom stereocenters. The average Bonchev–Trinajstić information content (AvgIpc) is 3.27. The van der Waals surface area contributed by atoms with Crippen LogP contribution in [0.5, 0.6) is 0 Å². The molecule has 1 spiro atoms. The van der Waals surface area contributed by atoms with Crippen molar-refractivity contribution < 1.29 is 28.6 Å². The number of aliphatic hydroxyl groups is 1. The van der Waals surface area contributed by atoms with Crippen LogP contribution in [0.15, 0.2) is 46.3 Å². The number of hydrogen-bond donors (Lipinski definition) is 1. The highest BCUT2D eigenvalue weighted by Crippen LogP contribution is 2.64. The van der Waals surface area contributed by atoms with Crippen molar-refractivity contribution in [2.45, 2.75) is 38.4 Å². The van der Waals surface area contributed by atoms with E-state index in [0.717, 1.165) is 12.8 Å². The Morgan fingerprint density at radius 3 is 2.81 bits per heavy atom. The first-order chi connectivity index (χ1) is 12.5. The molecule has 2 aliphatic heterocycles. The largest absolute Gasteiger partial charge is 0.472 e. The Kier molecular flexibility index (Phi) is 3.11. The molecule has 1 unspecified atom stereocenters. The zero-order valence-electron chi connectivity index (χ0n) is 14.4. The normalized spacial score (nSPS) is 41.2. The minimum atomic E-state index is -0.929. The highest BCUT2D eigenvalue weighted by molar-refractivity contribution is 5.95. The fourth-order valence-corrected chi connectivity index (χ4v) is 5.59. The summed E-state index contributed by atoms with van der Waals surface area (Å²) in [5, 5.41) is 11.3. The van der Waals surface area contributed by atoms with E-state index in [1.54, 1.807) is 6.07 Å². The van der Waals surface area contributed by atoms with Crippen molar-refractivity contribution in [2.75, 3.05) is 6.61 Å². The van der Waals surface area contributed by atoms with E-state index in [4.69, 9.17) is 13.9 Å². The number of allylic oxidation sites excluding steroid dienone is 2. The zero-order valence-corrected chi connectivity index (χ0v) is 14.4. The van der Waals surface area contributed by atoms with E-state index in [9.17, 15) is 14.7 Å². The van der Waals surface area contributed by atoms with Gasteiger partial charge in [0.15, 0.2) is 6.10 Å². The van der Waals surface area contributed by atoms with Gasteiger partial charge in [-0.3, -0.25) is 0 Å². The standard InChI is InChI=1S/C20H20O6/c1-19-12(18(23)26-15(16(19)21)11-6-8-24-9-11)5-7-20-10-25-17(22)13(20)3-2-4-14(19)20/h3,5-6,8-9,14-16,21H,2,4,7,10H2,1H3/t14-,15?,16-,19+,20-/m1/s1. The number of furan rings is 1. The van der Waals surface area contributed by atoms with E-state index >= 15 is 0 Å². The number of aliphatic hydroxyl groups excluding tert-OH is 1. The van der Waals surface area contributed by atoms with Gasteiger partial charge in [0.05, 0.1) is 12.5 Å². The van der Waals surface area contributed by atoms with E-state index in [2.05, 4.69) is 0 Å². The predicted molar refractivity (Wildman–Crippen MR) is 88.6 cm³/mol. The first-order valence-electron chi connectivity index (χ1n) is 8.98. The molecule has 1 aromatic rings. The highest BCUT2D eigenvalue weighted by Gasteiger charge is 2.65. The van der Waals surface area contributed by atoms with Gasteiger partial charge in [-0.25, -0.2) is 9.59 Å². The van der Waals surface area contributed by atoms with Crippen molar-refractivity contribution in [3.63, 3.8) is 0 Å². The van der Waals surface area contributed by atoms with E-state index in [0.29, 0.717) is 29.7 Å². The molecule has 1 aromatic heterocycles. The smallest absolute Gasteiger partial charge is 0.335 e. The Labute approximate surface area is 150 Å². The molecule has 2 saturated heterocycles. The number of carbonyl (C=O) groups is 2. The number of cyclic esters (lactones) is 2. The van der Waals surface area contributed by atoms with Gasteiger partial charge in [0.25, 0.3) is 0 Å². The lowest BCUT2D eigenvalue weighted by molar-refractivity contribution is -0.182. The Bertz CT molecular complexity index is 850.